The van der Waals surface area contributed by atoms with Gasteiger partial charge in [0.25, 0.3) is 5.91 Å². The molecule has 1 aliphatic rings. The lowest BCUT2D eigenvalue weighted by Crippen LogP contribution is -2.44. The molecule has 2 aromatic carbocycles. The Bertz CT molecular complexity index is 1230. The molecule has 1 fully saturated rings. The summed E-state index contributed by atoms with van der Waals surface area (Å²) >= 11 is 0. The highest BCUT2D eigenvalue weighted by molar-refractivity contribution is 5.96. The standard InChI is InChI=1S/C30H36FN5O3/c1-22(2)15-18-36(30(38)24-7-11-26(39-3)12-8-24)21-29(37)35-17-4-16-34(19-20-35)28-14-13-27(32-33-28)23-5-9-25(31)10-6-23/h5-14,22H,4,15-21H2,1-3H3. The predicted octanol–water partition coefficient (Wildman–Crippen LogP) is 4.52. The maximum absolute atomic E-state index is 13.3. The number of carbonyl (C=O) groups is 2. The van der Waals surface area contributed by atoms with Crippen molar-refractivity contribution >= 4 is 17.6 Å². The first-order chi connectivity index (χ1) is 18.8. The fraction of sp³-hybridized carbons (Fsp3) is 0.400. The molecule has 8 nitrogen and oxygen atoms in total. The van der Waals surface area contributed by atoms with Crippen molar-refractivity contribution in [2.75, 3.05) is 51.3 Å². The van der Waals surface area contributed by atoms with Crippen molar-refractivity contribution in [2.45, 2.75) is 26.7 Å². The number of hydrogen-bond donors (Lipinski definition) is 0. The van der Waals surface area contributed by atoms with Gasteiger partial charge in [0, 0.05) is 43.9 Å². The number of aromatic nitrogens is 2. The van der Waals surface area contributed by atoms with Crippen molar-refractivity contribution in [3.05, 3.63) is 72.0 Å². The molecular weight excluding hydrogens is 497 g/mol. The lowest BCUT2D eigenvalue weighted by atomic mass is 10.1. The van der Waals surface area contributed by atoms with Crippen LogP contribution in [0.25, 0.3) is 11.3 Å². The minimum Gasteiger partial charge on any atom is -0.497 e. The van der Waals surface area contributed by atoms with E-state index in [-0.39, 0.29) is 24.2 Å². The van der Waals surface area contributed by atoms with Gasteiger partial charge in [0.2, 0.25) is 5.91 Å². The van der Waals surface area contributed by atoms with Crippen LogP contribution in [0.4, 0.5) is 10.2 Å². The summed E-state index contributed by atoms with van der Waals surface area (Å²) in [5.74, 6) is 1.33. The average molecular weight is 534 g/mol. The number of hydrogen-bond acceptors (Lipinski definition) is 6. The van der Waals surface area contributed by atoms with Gasteiger partial charge in [-0.3, -0.25) is 9.59 Å². The first-order valence-electron chi connectivity index (χ1n) is 13.4. The van der Waals surface area contributed by atoms with Crippen LogP contribution >= 0.6 is 0 Å². The van der Waals surface area contributed by atoms with Crippen molar-refractivity contribution in [3.63, 3.8) is 0 Å². The highest BCUT2D eigenvalue weighted by Crippen LogP contribution is 2.20. The number of ether oxygens (including phenoxy) is 1. The van der Waals surface area contributed by atoms with Crippen molar-refractivity contribution < 1.29 is 18.7 Å². The Kier molecular flexibility index (Phi) is 9.46. The monoisotopic (exact) mass is 533 g/mol. The average Bonchev–Trinajstić information content (AvgIpc) is 3.22. The van der Waals surface area contributed by atoms with Crippen LogP contribution in [0.2, 0.25) is 0 Å². The van der Waals surface area contributed by atoms with Crippen LogP contribution in [-0.2, 0) is 4.79 Å². The third-order valence-corrected chi connectivity index (χ3v) is 6.89. The second-order valence-electron chi connectivity index (χ2n) is 10.1. The second-order valence-corrected chi connectivity index (χ2v) is 10.1. The quantitative estimate of drug-likeness (QED) is 0.403. The summed E-state index contributed by atoms with van der Waals surface area (Å²) in [6, 6.07) is 16.9. The minimum atomic E-state index is -0.292. The molecule has 4 rings (SSSR count). The van der Waals surface area contributed by atoms with E-state index in [1.54, 1.807) is 48.4 Å². The molecule has 2 amide bonds. The number of amides is 2. The molecular formula is C30H36FN5O3. The van der Waals surface area contributed by atoms with E-state index in [2.05, 4.69) is 28.9 Å². The lowest BCUT2D eigenvalue weighted by molar-refractivity contribution is -0.131. The summed E-state index contributed by atoms with van der Waals surface area (Å²) in [5.41, 5.74) is 2.01. The van der Waals surface area contributed by atoms with Gasteiger partial charge in [0.1, 0.15) is 18.1 Å². The summed E-state index contributed by atoms with van der Waals surface area (Å²) in [6.45, 7) is 7.30. The molecule has 0 spiro atoms. The zero-order valence-corrected chi connectivity index (χ0v) is 22.8. The number of carbonyl (C=O) groups excluding carboxylic acids is 2. The van der Waals surface area contributed by atoms with Crippen molar-refractivity contribution in [2.24, 2.45) is 5.92 Å². The van der Waals surface area contributed by atoms with Crippen LogP contribution < -0.4 is 9.64 Å². The molecule has 39 heavy (non-hydrogen) atoms. The fourth-order valence-electron chi connectivity index (χ4n) is 4.51. The lowest BCUT2D eigenvalue weighted by Gasteiger charge is -2.27. The van der Waals surface area contributed by atoms with E-state index in [0.717, 1.165) is 30.8 Å². The first kappa shape index (κ1) is 28.0. The summed E-state index contributed by atoms with van der Waals surface area (Å²) in [4.78, 5) is 32.3. The Morgan fingerprint density at radius 3 is 2.33 bits per heavy atom. The second kappa shape index (κ2) is 13.2. The molecule has 0 bridgehead atoms. The van der Waals surface area contributed by atoms with Gasteiger partial charge in [0.05, 0.1) is 12.8 Å². The van der Waals surface area contributed by atoms with Crippen LogP contribution in [0.3, 0.4) is 0 Å². The summed E-state index contributed by atoms with van der Waals surface area (Å²) < 4.78 is 18.4. The molecule has 3 aromatic rings. The Labute approximate surface area is 229 Å². The maximum Gasteiger partial charge on any atom is 0.254 e. The Morgan fingerprint density at radius 2 is 1.69 bits per heavy atom. The molecule has 9 heteroatoms. The van der Waals surface area contributed by atoms with E-state index in [1.807, 2.05) is 17.0 Å². The molecule has 1 aromatic heterocycles. The first-order valence-corrected chi connectivity index (χ1v) is 13.4. The normalized spacial score (nSPS) is 13.8. The molecule has 2 heterocycles. The van der Waals surface area contributed by atoms with E-state index in [1.165, 1.54) is 12.1 Å². The van der Waals surface area contributed by atoms with Crippen molar-refractivity contribution in [1.29, 1.82) is 0 Å². The predicted molar refractivity (Wildman–Crippen MR) is 149 cm³/mol. The van der Waals surface area contributed by atoms with Gasteiger partial charge in [-0.25, -0.2) is 4.39 Å². The topological polar surface area (TPSA) is 78.9 Å². The van der Waals surface area contributed by atoms with Crippen molar-refractivity contribution in [1.82, 2.24) is 20.0 Å². The smallest absolute Gasteiger partial charge is 0.254 e. The van der Waals surface area contributed by atoms with Gasteiger partial charge in [-0.15, -0.1) is 10.2 Å². The van der Waals surface area contributed by atoms with Gasteiger partial charge < -0.3 is 19.4 Å². The van der Waals surface area contributed by atoms with Crippen LogP contribution in [0, 0.1) is 11.7 Å². The van der Waals surface area contributed by atoms with E-state index in [4.69, 9.17) is 4.74 Å². The van der Waals surface area contributed by atoms with Crippen LogP contribution in [-0.4, -0.2) is 78.2 Å². The van der Waals surface area contributed by atoms with Gasteiger partial charge in [-0.2, -0.15) is 0 Å². The van der Waals surface area contributed by atoms with E-state index in [9.17, 15) is 14.0 Å². The Hall–Kier alpha value is -4.01. The molecule has 1 saturated heterocycles. The van der Waals surface area contributed by atoms with Crippen LogP contribution in [0.5, 0.6) is 5.75 Å². The number of rotatable bonds is 9. The summed E-state index contributed by atoms with van der Waals surface area (Å²) in [7, 11) is 1.59. The zero-order chi connectivity index (χ0) is 27.8. The SMILES string of the molecule is COc1ccc(C(=O)N(CCC(C)C)CC(=O)N2CCCN(c3ccc(-c4ccc(F)cc4)nn3)CC2)cc1. The third-order valence-electron chi connectivity index (χ3n) is 6.89. The molecule has 0 unspecified atom stereocenters. The molecule has 0 atom stereocenters. The maximum atomic E-state index is 13.3. The molecule has 0 N–H and O–H groups in total. The van der Waals surface area contributed by atoms with Gasteiger partial charge in [-0.05, 0) is 79.4 Å². The molecule has 0 radical (unpaired) electrons. The van der Waals surface area contributed by atoms with Gasteiger partial charge in [0.15, 0.2) is 5.82 Å². The van der Waals surface area contributed by atoms with E-state index >= 15 is 0 Å². The number of anilines is 1. The minimum absolute atomic E-state index is 0.0454. The summed E-state index contributed by atoms with van der Waals surface area (Å²) in [6.07, 6.45) is 1.60. The van der Waals surface area contributed by atoms with Gasteiger partial charge in [-0.1, -0.05) is 13.8 Å². The molecule has 206 valence electrons. The largest absolute Gasteiger partial charge is 0.497 e. The van der Waals surface area contributed by atoms with Crippen molar-refractivity contribution in [3.8, 4) is 17.0 Å². The van der Waals surface area contributed by atoms with Crippen LogP contribution in [0.15, 0.2) is 60.7 Å². The highest BCUT2D eigenvalue weighted by atomic mass is 19.1. The van der Waals surface area contributed by atoms with E-state index < -0.39 is 0 Å². The van der Waals surface area contributed by atoms with E-state index in [0.29, 0.717) is 49.1 Å². The molecule has 1 aliphatic heterocycles. The van der Waals surface area contributed by atoms with Crippen LogP contribution in [0.1, 0.15) is 37.0 Å². The summed E-state index contributed by atoms with van der Waals surface area (Å²) in [5, 5.41) is 8.71. The number of methoxy groups -OCH3 is 1. The third kappa shape index (κ3) is 7.52. The Balaban J connectivity index is 1.38. The fourth-order valence-corrected chi connectivity index (χ4v) is 4.51. The zero-order valence-electron chi connectivity index (χ0n) is 22.8. The molecule has 0 aliphatic carbocycles. The number of benzene rings is 2. The number of nitrogens with zero attached hydrogens (tertiary/aromatic N) is 5. The number of halogens is 1. The molecule has 0 saturated carbocycles. The highest BCUT2D eigenvalue weighted by Gasteiger charge is 2.25. The van der Waals surface area contributed by atoms with Gasteiger partial charge >= 0.3 is 0 Å². The Morgan fingerprint density at radius 1 is 0.949 bits per heavy atom.